The maximum atomic E-state index is 12.0. The van der Waals surface area contributed by atoms with Crippen LogP contribution in [0.25, 0.3) is 0 Å². The average Bonchev–Trinajstić information content (AvgIpc) is 2.94. The van der Waals surface area contributed by atoms with Crippen LogP contribution in [0, 0.1) is 5.92 Å². The summed E-state index contributed by atoms with van der Waals surface area (Å²) >= 11 is 5.23. The van der Waals surface area contributed by atoms with Crippen LogP contribution in [0.2, 0.25) is 0 Å². The molecular weight excluding hydrogens is 336 g/mol. The van der Waals surface area contributed by atoms with Crippen LogP contribution in [-0.2, 0) is 4.79 Å². The number of hydrogen-bond acceptors (Lipinski definition) is 3. The molecule has 20 heavy (non-hydrogen) atoms. The first kappa shape index (κ1) is 15.9. The van der Waals surface area contributed by atoms with E-state index in [2.05, 4.69) is 28.1 Å². The summed E-state index contributed by atoms with van der Waals surface area (Å²) in [7, 11) is 0. The molecule has 0 bridgehead atoms. The van der Waals surface area contributed by atoms with Crippen LogP contribution in [0.5, 0.6) is 0 Å². The van der Waals surface area contributed by atoms with Gasteiger partial charge in [0, 0.05) is 28.9 Å². The first-order valence-corrected chi connectivity index (χ1v) is 8.83. The van der Waals surface area contributed by atoms with E-state index in [0.29, 0.717) is 18.9 Å². The van der Waals surface area contributed by atoms with Crippen LogP contribution >= 0.6 is 27.7 Å². The number of amides is 1. The van der Waals surface area contributed by atoms with Crippen molar-refractivity contribution in [3.63, 3.8) is 0 Å². The van der Waals surface area contributed by atoms with Crippen LogP contribution in [0.15, 0.2) is 33.6 Å². The average molecular weight is 357 g/mol. The summed E-state index contributed by atoms with van der Waals surface area (Å²) in [5.74, 6) is 1.79. The molecule has 5 heteroatoms. The van der Waals surface area contributed by atoms with E-state index in [1.54, 1.807) is 0 Å². The van der Waals surface area contributed by atoms with E-state index in [4.69, 9.17) is 5.73 Å². The Labute approximate surface area is 133 Å². The fraction of sp³-hybridized carbons (Fsp3) is 0.533. The quantitative estimate of drug-likeness (QED) is 0.629. The molecule has 110 valence electrons. The van der Waals surface area contributed by atoms with Crippen molar-refractivity contribution in [2.75, 3.05) is 25.4 Å². The molecule has 1 aromatic rings. The molecule has 1 atom stereocenters. The number of thioether (sulfide) groups is 1. The van der Waals surface area contributed by atoms with Crippen LogP contribution in [0.3, 0.4) is 0 Å². The van der Waals surface area contributed by atoms with Gasteiger partial charge in [0.1, 0.15) is 0 Å². The summed E-state index contributed by atoms with van der Waals surface area (Å²) in [5, 5.41) is 0. The third kappa shape index (κ3) is 4.79. The summed E-state index contributed by atoms with van der Waals surface area (Å²) in [6.45, 7) is 2.44. The molecule has 1 heterocycles. The Kier molecular flexibility index (Phi) is 6.39. The predicted molar refractivity (Wildman–Crippen MR) is 87.8 cm³/mol. The first-order chi connectivity index (χ1) is 9.69. The Bertz CT molecular complexity index is 438. The highest BCUT2D eigenvalue weighted by molar-refractivity contribution is 9.10. The highest BCUT2D eigenvalue weighted by Crippen LogP contribution is 2.22. The van der Waals surface area contributed by atoms with E-state index in [0.717, 1.165) is 36.2 Å². The normalized spacial score (nSPS) is 18.5. The molecule has 1 aromatic carbocycles. The molecule has 1 aliphatic heterocycles. The molecule has 2 rings (SSSR count). The maximum Gasteiger partial charge on any atom is 0.222 e. The second-order valence-electron chi connectivity index (χ2n) is 5.14. The fourth-order valence-electron chi connectivity index (χ4n) is 2.35. The van der Waals surface area contributed by atoms with Gasteiger partial charge < -0.3 is 10.6 Å². The van der Waals surface area contributed by atoms with Gasteiger partial charge in [-0.1, -0.05) is 15.9 Å². The molecule has 1 aliphatic rings. The summed E-state index contributed by atoms with van der Waals surface area (Å²) in [4.78, 5) is 15.3. The molecule has 3 nitrogen and oxygen atoms in total. The maximum absolute atomic E-state index is 12.0. The van der Waals surface area contributed by atoms with Gasteiger partial charge in [-0.2, -0.15) is 0 Å². The first-order valence-electron chi connectivity index (χ1n) is 7.05. The zero-order valence-electron chi connectivity index (χ0n) is 11.6. The minimum absolute atomic E-state index is 0.289. The minimum Gasteiger partial charge on any atom is -0.342 e. The number of nitrogens with two attached hydrogens (primary N) is 1. The summed E-state index contributed by atoms with van der Waals surface area (Å²) in [5.41, 5.74) is 5.65. The minimum atomic E-state index is 0.289. The van der Waals surface area contributed by atoms with Crippen LogP contribution in [0.1, 0.15) is 19.3 Å². The monoisotopic (exact) mass is 356 g/mol. The summed E-state index contributed by atoms with van der Waals surface area (Å²) < 4.78 is 1.10. The van der Waals surface area contributed by atoms with Gasteiger partial charge >= 0.3 is 0 Å². The lowest BCUT2D eigenvalue weighted by Gasteiger charge is -2.16. The molecule has 1 fully saturated rings. The fourth-order valence-corrected chi connectivity index (χ4v) is 3.47. The van der Waals surface area contributed by atoms with E-state index in [9.17, 15) is 4.79 Å². The van der Waals surface area contributed by atoms with E-state index in [-0.39, 0.29) is 5.91 Å². The van der Waals surface area contributed by atoms with Crippen LogP contribution < -0.4 is 5.73 Å². The number of benzene rings is 1. The third-order valence-electron chi connectivity index (χ3n) is 3.59. The smallest absolute Gasteiger partial charge is 0.222 e. The lowest BCUT2D eigenvalue weighted by atomic mass is 10.1. The number of hydrogen-bond donors (Lipinski definition) is 1. The highest BCUT2D eigenvalue weighted by atomic mass is 79.9. The third-order valence-corrected chi connectivity index (χ3v) is 5.22. The molecule has 1 amide bonds. The Balaban J connectivity index is 1.63. The van der Waals surface area contributed by atoms with E-state index in [1.165, 1.54) is 4.90 Å². The Morgan fingerprint density at radius 2 is 2.15 bits per heavy atom. The van der Waals surface area contributed by atoms with Crippen molar-refractivity contribution < 1.29 is 4.79 Å². The number of likely N-dealkylation sites (tertiary alicyclic amines) is 1. The summed E-state index contributed by atoms with van der Waals surface area (Å²) in [6.07, 6.45) is 2.65. The van der Waals surface area contributed by atoms with E-state index < -0.39 is 0 Å². The van der Waals surface area contributed by atoms with Gasteiger partial charge in [-0.3, -0.25) is 4.79 Å². The van der Waals surface area contributed by atoms with Crippen molar-refractivity contribution in [2.45, 2.75) is 24.2 Å². The zero-order chi connectivity index (χ0) is 14.4. The standard InChI is InChI=1S/C15H21BrN2OS/c16-13-3-5-14(6-4-13)20-9-1-2-15(19)18-8-7-12(10-17)11-18/h3-6,12H,1-2,7-11,17H2. The SMILES string of the molecule is NCC1CCN(C(=O)CCCSc2ccc(Br)cc2)C1. The molecule has 1 unspecified atom stereocenters. The molecule has 0 aromatic heterocycles. The lowest BCUT2D eigenvalue weighted by Crippen LogP contribution is -2.29. The molecular formula is C15H21BrN2OS. The summed E-state index contributed by atoms with van der Waals surface area (Å²) in [6, 6.07) is 8.29. The lowest BCUT2D eigenvalue weighted by molar-refractivity contribution is -0.130. The zero-order valence-corrected chi connectivity index (χ0v) is 14.0. The molecule has 2 N–H and O–H groups in total. The number of carbonyl (C=O) groups is 1. The van der Waals surface area contributed by atoms with Gasteiger partial charge in [0.05, 0.1) is 0 Å². The Morgan fingerprint density at radius 1 is 1.40 bits per heavy atom. The Hall–Kier alpha value is -0.520. The molecule has 0 aliphatic carbocycles. The van der Waals surface area contributed by atoms with Crippen LogP contribution in [-0.4, -0.2) is 36.2 Å². The van der Waals surface area contributed by atoms with Crippen molar-refractivity contribution in [3.05, 3.63) is 28.7 Å². The van der Waals surface area contributed by atoms with Gasteiger partial charge in [-0.15, -0.1) is 11.8 Å². The highest BCUT2D eigenvalue weighted by Gasteiger charge is 2.24. The van der Waals surface area contributed by atoms with E-state index >= 15 is 0 Å². The van der Waals surface area contributed by atoms with Crippen molar-refractivity contribution in [3.8, 4) is 0 Å². The van der Waals surface area contributed by atoms with Crippen molar-refractivity contribution >= 4 is 33.6 Å². The van der Waals surface area contributed by atoms with Gasteiger partial charge in [0.25, 0.3) is 0 Å². The molecule has 0 radical (unpaired) electrons. The van der Waals surface area contributed by atoms with Crippen LogP contribution in [0.4, 0.5) is 0 Å². The molecule has 0 saturated carbocycles. The van der Waals surface area contributed by atoms with Gasteiger partial charge in [0.2, 0.25) is 5.91 Å². The number of carbonyl (C=O) groups excluding carboxylic acids is 1. The topological polar surface area (TPSA) is 46.3 Å². The van der Waals surface area contributed by atoms with Gasteiger partial charge in [-0.25, -0.2) is 0 Å². The van der Waals surface area contributed by atoms with Crippen molar-refractivity contribution in [1.29, 1.82) is 0 Å². The van der Waals surface area contributed by atoms with Crippen molar-refractivity contribution in [2.24, 2.45) is 11.7 Å². The van der Waals surface area contributed by atoms with Gasteiger partial charge in [-0.05, 0) is 55.3 Å². The number of halogens is 1. The predicted octanol–water partition coefficient (Wildman–Crippen LogP) is 3.13. The molecule has 1 saturated heterocycles. The Morgan fingerprint density at radius 3 is 2.80 bits per heavy atom. The van der Waals surface area contributed by atoms with E-state index in [1.807, 2.05) is 28.8 Å². The molecule has 0 spiro atoms. The number of nitrogens with zero attached hydrogens (tertiary/aromatic N) is 1. The second-order valence-corrected chi connectivity index (χ2v) is 7.22. The number of rotatable bonds is 6. The second kappa shape index (κ2) is 8.05. The largest absolute Gasteiger partial charge is 0.342 e. The van der Waals surface area contributed by atoms with Crippen molar-refractivity contribution in [1.82, 2.24) is 4.90 Å². The van der Waals surface area contributed by atoms with Gasteiger partial charge in [0.15, 0.2) is 0 Å².